The molecule has 0 bridgehead atoms. The quantitative estimate of drug-likeness (QED) is 0.549. The molecule has 1 unspecified atom stereocenters. The second kappa shape index (κ2) is 9.99. The molecule has 3 amide bonds. The molecule has 184 valence electrons. The molecule has 9 heteroatoms. The fourth-order valence-corrected chi connectivity index (χ4v) is 4.16. The lowest BCUT2D eigenvalue weighted by Crippen LogP contribution is -2.28. The number of fused-ring (bicyclic) bond motifs is 1. The monoisotopic (exact) mass is 487 g/mol. The van der Waals surface area contributed by atoms with Gasteiger partial charge >= 0.3 is 0 Å². The number of carbonyl (C=O) groups excluding carboxylic acids is 3. The maximum Gasteiger partial charge on any atom is 0.255 e. The van der Waals surface area contributed by atoms with E-state index in [1.165, 1.54) is 0 Å². The van der Waals surface area contributed by atoms with Crippen LogP contribution in [0.4, 0.5) is 17.1 Å². The molecule has 2 heterocycles. The van der Waals surface area contributed by atoms with Gasteiger partial charge in [-0.15, -0.1) is 0 Å². The first kappa shape index (κ1) is 23.2. The third-order valence-electron chi connectivity index (χ3n) is 6.10. The number of carbonyl (C=O) groups is 3. The fraction of sp³-hybridized carbons (Fsp3) is 0.222. The molecule has 0 spiro atoms. The Balaban J connectivity index is 1.18. The van der Waals surface area contributed by atoms with Crippen molar-refractivity contribution in [2.45, 2.75) is 6.42 Å². The van der Waals surface area contributed by atoms with Crippen molar-refractivity contribution in [3.8, 4) is 17.2 Å². The first-order valence-corrected chi connectivity index (χ1v) is 11.6. The number of ether oxygens (including phenoxy) is 3. The molecule has 0 radical (unpaired) electrons. The summed E-state index contributed by atoms with van der Waals surface area (Å²) in [5.41, 5.74) is 2.31. The average molecular weight is 488 g/mol. The van der Waals surface area contributed by atoms with Gasteiger partial charge in [0.1, 0.15) is 19.0 Å². The van der Waals surface area contributed by atoms with E-state index in [1.807, 2.05) is 0 Å². The van der Waals surface area contributed by atoms with Crippen LogP contribution in [0.2, 0.25) is 0 Å². The lowest BCUT2D eigenvalue weighted by Gasteiger charge is -2.22. The molecular weight excluding hydrogens is 462 g/mol. The Kier molecular flexibility index (Phi) is 6.44. The van der Waals surface area contributed by atoms with Crippen LogP contribution in [0, 0.1) is 5.92 Å². The summed E-state index contributed by atoms with van der Waals surface area (Å²) in [4.78, 5) is 39.6. The molecule has 2 N–H and O–H groups in total. The molecule has 9 nitrogen and oxygen atoms in total. The highest BCUT2D eigenvalue weighted by Gasteiger charge is 2.35. The Hall–Kier alpha value is -4.53. The van der Waals surface area contributed by atoms with Crippen LogP contribution in [-0.2, 0) is 9.59 Å². The molecule has 5 rings (SSSR count). The minimum Gasteiger partial charge on any atom is -0.497 e. The van der Waals surface area contributed by atoms with Crippen LogP contribution in [0.25, 0.3) is 0 Å². The van der Waals surface area contributed by atoms with Crippen molar-refractivity contribution < 1.29 is 28.6 Å². The molecule has 2 aliphatic rings. The summed E-state index contributed by atoms with van der Waals surface area (Å²) < 4.78 is 16.3. The fourth-order valence-electron chi connectivity index (χ4n) is 4.16. The van der Waals surface area contributed by atoms with Crippen molar-refractivity contribution in [1.29, 1.82) is 0 Å². The minimum absolute atomic E-state index is 0.114. The van der Waals surface area contributed by atoms with Crippen LogP contribution in [-0.4, -0.2) is 44.6 Å². The van der Waals surface area contributed by atoms with Crippen molar-refractivity contribution in [1.82, 2.24) is 0 Å². The van der Waals surface area contributed by atoms with Gasteiger partial charge < -0.3 is 29.7 Å². The second-order valence-corrected chi connectivity index (χ2v) is 8.48. The highest BCUT2D eigenvalue weighted by atomic mass is 16.6. The van der Waals surface area contributed by atoms with Gasteiger partial charge in [-0.3, -0.25) is 14.4 Å². The van der Waals surface area contributed by atoms with Gasteiger partial charge in [0.25, 0.3) is 5.91 Å². The number of rotatable bonds is 6. The number of benzene rings is 3. The van der Waals surface area contributed by atoms with Crippen molar-refractivity contribution in [3.05, 3.63) is 72.3 Å². The highest BCUT2D eigenvalue weighted by molar-refractivity contribution is 6.05. The van der Waals surface area contributed by atoms with E-state index in [2.05, 4.69) is 10.6 Å². The molecule has 0 saturated carbocycles. The van der Waals surface area contributed by atoms with Crippen LogP contribution in [0.5, 0.6) is 17.2 Å². The molecule has 2 aliphatic heterocycles. The van der Waals surface area contributed by atoms with E-state index in [0.717, 1.165) is 0 Å². The topological polar surface area (TPSA) is 106 Å². The predicted molar refractivity (Wildman–Crippen MR) is 134 cm³/mol. The maximum atomic E-state index is 12.9. The van der Waals surface area contributed by atoms with Crippen LogP contribution < -0.4 is 29.7 Å². The van der Waals surface area contributed by atoms with Gasteiger partial charge in [-0.2, -0.15) is 0 Å². The second-order valence-electron chi connectivity index (χ2n) is 8.48. The van der Waals surface area contributed by atoms with Crippen molar-refractivity contribution in [2.24, 2.45) is 5.92 Å². The Morgan fingerprint density at radius 3 is 2.28 bits per heavy atom. The van der Waals surface area contributed by atoms with Crippen molar-refractivity contribution in [2.75, 3.05) is 42.4 Å². The number of anilines is 3. The van der Waals surface area contributed by atoms with E-state index in [4.69, 9.17) is 14.2 Å². The summed E-state index contributed by atoms with van der Waals surface area (Å²) in [5.74, 6) is 0.795. The van der Waals surface area contributed by atoms with Gasteiger partial charge in [0, 0.05) is 41.7 Å². The zero-order valence-electron chi connectivity index (χ0n) is 19.7. The number of hydrogen-bond acceptors (Lipinski definition) is 6. The summed E-state index contributed by atoms with van der Waals surface area (Å²) in [6.07, 6.45) is 0.114. The smallest absolute Gasteiger partial charge is 0.255 e. The molecule has 3 aromatic carbocycles. The SMILES string of the molecule is COc1ccc(NC(=O)c2ccc(NC(=O)C3CC(=O)N(c4ccc5c(c4)OCCO5)C3)cc2)cc1. The Bertz CT molecular complexity index is 1290. The summed E-state index contributed by atoms with van der Waals surface area (Å²) in [7, 11) is 1.58. The van der Waals surface area contributed by atoms with Crippen molar-refractivity contribution in [3.63, 3.8) is 0 Å². The van der Waals surface area contributed by atoms with Gasteiger partial charge in [-0.1, -0.05) is 0 Å². The molecule has 0 aromatic heterocycles. The Morgan fingerprint density at radius 1 is 0.889 bits per heavy atom. The number of methoxy groups -OCH3 is 1. The molecule has 1 atom stereocenters. The van der Waals surface area contributed by atoms with Gasteiger partial charge in [0.15, 0.2) is 11.5 Å². The van der Waals surface area contributed by atoms with Gasteiger partial charge in [0.2, 0.25) is 11.8 Å². The maximum absolute atomic E-state index is 12.9. The highest BCUT2D eigenvalue weighted by Crippen LogP contribution is 2.36. The summed E-state index contributed by atoms with van der Waals surface area (Å²) in [6, 6.07) is 19.0. The molecule has 3 aromatic rings. The third kappa shape index (κ3) is 4.95. The average Bonchev–Trinajstić information content (AvgIpc) is 3.31. The lowest BCUT2D eigenvalue weighted by atomic mass is 10.1. The number of nitrogens with zero attached hydrogens (tertiary/aromatic N) is 1. The first-order valence-electron chi connectivity index (χ1n) is 11.6. The van der Waals surface area contributed by atoms with Gasteiger partial charge in [-0.05, 0) is 60.7 Å². The molecule has 1 saturated heterocycles. The zero-order chi connectivity index (χ0) is 25.1. The van der Waals surface area contributed by atoms with E-state index in [-0.39, 0.29) is 30.7 Å². The van der Waals surface area contributed by atoms with Crippen LogP contribution >= 0.6 is 0 Å². The first-order chi connectivity index (χ1) is 17.5. The Labute approximate surface area is 208 Å². The molecule has 36 heavy (non-hydrogen) atoms. The standard InChI is InChI=1S/C27H25N3O6/c1-34-22-9-6-20(7-10-22)28-26(32)17-2-4-19(5-3-17)29-27(33)18-14-25(31)30(16-18)21-8-11-23-24(15-21)36-13-12-35-23/h2-11,15,18H,12-14,16H2,1H3,(H,28,32)(H,29,33). The van der Waals surface area contributed by atoms with E-state index < -0.39 is 5.92 Å². The van der Waals surface area contributed by atoms with E-state index in [1.54, 1.807) is 78.7 Å². The zero-order valence-corrected chi connectivity index (χ0v) is 19.7. The molecular formula is C27H25N3O6. The van der Waals surface area contributed by atoms with E-state index >= 15 is 0 Å². The summed E-state index contributed by atoms with van der Waals surface area (Å²) in [5, 5.41) is 5.66. The van der Waals surface area contributed by atoms with E-state index in [9.17, 15) is 14.4 Å². The van der Waals surface area contributed by atoms with Crippen LogP contribution in [0.1, 0.15) is 16.8 Å². The summed E-state index contributed by atoms with van der Waals surface area (Å²) in [6.45, 7) is 1.22. The van der Waals surface area contributed by atoms with Crippen LogP contribution in [0.15, 0.2) is 66.7 Å². The van der Waals surface area contributed by atoms with Crippen LogP contribution in [0.3, 0.4) is 0 Å². The normalized spacial score (nSPS) is 16.4. The Morgan fingerprint density at radius 2 is 1.56 bits per heavy atom. The molecule has 1 fully saturated rings. The number of amides is 3. The van der Waals surface area contributed by atoms with Crippen molar-refractivity contribution >= 4 is 34.8 Å². The van der Waals surface area contributed by atoms with E-state index in [0.29, 0.717) is 53.1 Å². The predicted octanol–water partition coefficient (Wildman–Crippen LogP) is 3.71. The largest absolute Gasteiger partial charge is 0.497 e. The third-order valence-corrected chi connectivity index (χ3v) is 6.10. The van der Waals surface area contributed by atoms with Gasteiger partial charge in [-0.25, -0.2) is 0 Å². The van der Waals surface area contributed by atoms with Gasteiger partial charge in [0.05, 0.1) is 13.0 Å². The molecule has 0 aliphatic carbocycles. The summed E-state index contributed by atoms with van der Waals surface area (Å²) >= 11 is 0. The minimum atomic E-state index is -0.497. The lowest BCUT2D eigenvalue weighted by molar-refractivity contribution is -0.122. The number of hydrogen-bond donors (Lipinski definition) is 2. The number of nitrogens with one attached hydrogen (secondary N) is 2.